The van der Waals surface area contributed by atoms with Gasteiger partial charge in [-0.25, -0.2) is 4.98 Å². The molecule has 8 heteroatoms. The fourth-order valence-corrected chi connectivity index (χ4v) is 5.36. The number of aromatic nitrogens is 2. The van der Waals surface area contributed by atoms with Gasteiger partial charge in [-0.3, -0.25) is 4.79 Å². The van der Waals surface area contributed by atoms with Crippen molar-refractivity contribution in [2.75, 3.05) is 36.5 Å². The van der Waals surface area contributed by atoms with E-state index in [0.717, 1.165) is 69.8 Å². The number of aromatic amines is 1. The molecule has 2 aromatic carbocycles. The van der Waals surface area contributed by atoms with E-state index in [4.69, 9.17) is 9.47 Å². The molecular weight excluding hydrogens is 460 g/mol. The predicted molar refractivity (Wildman–Crippen MR) is 139 cm³/mol. The van der Waals surface area contributed by atoms with Crippen LogP contribution in [0.25, 0.3) is 11.3 Å². The van der Waals surface area contributed by atoms with Crippen molar-refractivity contribution in [3.63, 3.8) is 0 Å². The lowest BCUT2D eigenvalue weighted by Gasteiger charge is -2.29. The Hall–Kier alpha value is -3.62. The summed E-state index contributed by atoms with van der Waals surface area (Å²) in [5.41, 5.74) is 5.69. The monoisotopic (exact) mass is 486 g/mol. The Labute approximate surface area is 207 Å². The molecule has 0 spiro atoms. The number of benzene rings is 2. The van der Waals surface area contributed by atoms with Gasteiger partial charge in [-0.05, 0) is 42.8 Å². The van der Waals surface area contributed by atoms with E-state index >= 15 is 0 Å². The lowest BCUT2D eigenvalue weighted by Crippen LogP contribution is -2.36. The molecule has 7 nitrogen and oxygen atoms in total. The lowest BCUT2D eigenvalue weighted by molar-refractivity contribution is 0.122. The molecule has 0 radical (unpaired) electrons. The van der Waals surface area contributed by atoms with Crippen molar-refractivity contribution >= 4 is 22.7 Å². The molecule has 178 valence electrons. The SMILES string of the molecule is CC(Nc1ccc2c(c1)Cc1cccc(-c3cc(N4CCOCC4)cc(=O)[nH]3)c1O2)c1nccs1. The smallest absolute Gasteiger partial charge is 0.250 e. The predicted octanol–water partition coefficient (Wildman–Crippen LogP) is 5.20. The van der Waals surface area contributed by atoms with E-state index in [1.54, 1.807) is 17.4 Å². The molecule has 2 aliphatic heterocycles. The number of hydrogen-bond acceptors (Lipinski definition) is 7. The number of fused-ring (bicyclic) bond motifs is 2. The quantitative estimate of drug-likeness (QED) is 0.355. The van der Waals surface area contributed by atoms with E-state index in [0.29, 0.717) is 13.2 Å². The van der Waals surface area contributed by atoms with Gasteiger partial charge in [0, 0.05) is 59.7 Å². The minimum Gasteiger partial charge on any atom is -0.456 e. The van der Waals surface area contributed by atoms with Gasteiger partial charge in [0.05, 0.1) is 24.9 Å². The maximum atomic E-state index is 12.5. The van der Waals surface area contributed by atoms with Crippen LogP contribution in [-0.4, -0.2) is 36.3 Å². The minimum absolute atomic E-state index is 0.122. The second-order valence-electron chi connectivity index (χ2n) is 8.85. The van der Waals surface area contributed by atoms with Gasteiger partial charge < -0.3 is 24.7 Å². The fraction of sp³-hybridized carbons (Fsp3) is 0.259. The molecule has 1 atom stereocenters. The van der Waals surface area contributed by atoms with Crippen LogP contribution in [0.5, 0.6) is 11.5 Å². The summed E-state index contributed by atoms with van der Waals surface area (Å²) >= 11 is 1.65. The number of ether oxygens (including phenoxy) is 2. The van der Waals surface area contributed by atoms with Crippen LogP contribution < -0.4 is 20.5 Å². The van der Waals surface area contributed by atoms with Crippen molar-refractivity contribution in [3.05, 3.63) is 86.6 Å². The van der Waals surface area contributed by atoms with E-state index in [9.17, 15) is 4.79 Å². The highest BCUT2D eigenvalue weighted by molar-refractivity contribution is 7.09. The zero-order chi connectivity index (χ0) is 23.8. The zero-order valence-corrected chi connectivity index (χ0v) is 20.2. The van der Waals surface area contributed by atoms with Gasteiger partial charge in [0.2, 0.25) is 5.56 Å². The molecule has 2 N–H and O–H groups in total. The number of anilines is 2. The van der Waals surface area contributed by atoms with Crippen molar-refractivity contribution in [2.24, 2.45) is 0 Å². The molecule has 0 aliphatic carbocycles. The molecule has 1 saturated heterocycles. The van der Waals surface area contributed by atoms with E-state index in [2.05, 4.69) is 39.2 Å². The summed E-state index contributed by atoms with van der Waals surface area (Å²) in [6, 6.07) is 16.1. The Balaban J connectivity index is 1.29. The van der Waals surface area contributed by atoms with E-state index in [-0.39, 0.29) is 11.6 Å². The maximum Gasteiger partial charge on any atom is 0.250 e. The zero-order valence-electron chi connectivity index (χ0n) is 19.4. The van der Waals surface area contributed by atoms with Gasteiger partial charge in [-0.15, -0.1) is 11.3 Å². The van der Waals surface area contributed by atoms with Crippen LogP contribution in [0.1, 0.15) is 29.1 Å². The average Bonchev–Trinajstić information content (AvgIpc) is 3.43. The molecule has 35 heavy (non-hydrogen) atoms. The van der Waals surface area contributed by atoms with Crippen molar-refractivity contribution in [1.82, 2.24) is 9.97 Å². The molecule has 6 rings (SSSR count). The third-order valence-corrected chi connectivity index (χ3v) is 7.41. The van der Waals surface area contributed by atoms with Crippen molar-refractivity contribution in [1.29, 1.82) is 0 Å². The first kappa shape index (κ1) is 21.9. The molecule has 2 aromatic heterocycles. The van der Waals surface area contributed by atoms with Crippen LogP contribution in [0.15, 0.2) is 64.9 Å². The first-order valence-electron chi connectivity index (χ1n) is 11.8. The first-order chi connectivity index (χ1) is 17.1. The summed E-state index contributed by atoms with van der Waals surface area (Å²) in [7, 11) is 0. The second-order valence-corrected chi connectivity index (χ2v) is 9.77. The number of H-pyrrole nitrogens is 1. The molecule has 0 bridgehead atoms. The molecule has 4 aromatic rings. The van der Waals surface area contributed by atoms with Gasteiger partial charge in [-0.1, -0.05) is 12.1 Å². The Morgan fingerprint density at radius 1 is 1.11 bits per heavy atom. The summed E-state index contributed by atoms with van der Waals surface area (Å²) in [6.45, 7) is 5.00. The van der Waals surface area contributed by atoms with Gasteiger partial charge in [0.25, 0.3) is 0 Å². The number of hydrogen-bond donors (Lipinski definition) is 2. The lowest BCUT2D eigenvalue weighted by atomic mass is 9.96. The Morgan fingerprint density at radius 3 is 2.83 bits per heavy atom. The number of nitrogens with zero attached hydrogens (tertiary/aromatic N) is 2. The molecule has 4 heterocycles. The van der Waals surface area contributed by atoms with Gasteiger partial charge >= 0.3 is 0 Å². The molecular formula is C27H26N4O3S. The van der Waals surface area contributed by atoms with Crippen LogP contribution >= 0.6 is 11.3 Å². The maximum absolute atomic E-state index is 12.5. The van der Waals surface area contributed by atoms with Crippen LogP contribution in [0, 0.1) is 0 Å². The number of para-hydroxylation sites is 1. The van der Waals surface area contributed by atoms with Gasteiger partial charge in [0.1, 0.15) is 16.5 Å². The molecule has 0 amide bonds. The largest absolute Gasteiger partial charge is 0.456 e. The van der Waals surface area contributed by atoms with Crippen molar-refractivity contribution in [3.8, 4) is 22.8 Å². The minimum atomic E-state index is -0.122. The highest BCUT2D eigenvalue weighted by Crippen LogP contribution is 2.43. The first-order valence-corrected chi connectivity index (χ1v) is 12.7. The fourth-order valence-electron chi connectivity index (χ4n) is 4.72. The molecule has 1 fully saturated rings. The summed E-state index contributed by atoms with van der Waals surface area (Å²) in [5, 5.41) is 6.59. The van der Waals surface area contributed by atoms with Gasteiger partial charge in [0.15, 0.2) is 0 Å². The Kier molecular flexibility index (Phi) is 5.75. The number of nitrogens with one attached hydrogen (secondary N) is 2. The Morgan fingerprint density at radius 2 is 2.00 bits per heavy atom. The summed E-state index contributed by atoms with van der Waals surface area (Å²) < 4.78 is 11.9. The third-order valence-electron chi connectivity index (χ3n) is 6.45. The standard InChI is InChI=1S/C27H26N4O3S/c1-17(27-28-7-12-35-27)29-20-5-6-24-19(14-20)13-18-3-2-4-22(26(18)34-24)23-15-21(16-25(32)30-23)31-8-10-33-11-9-31/h2-7,12,14-17,29H,8-11,13H2,1H3,(H,30,32). The highest BCUT2D eigenvalue weighted by Gasteiger charge is 2.22. The van der Waals surface area contributed by atoms with E-state index in [1.165, 1.54) is 0 Å². The Bertz CT molecular complexity index is 1410. The number of pyridine rings is 1. The number of morpholine rings is 1. The van der Waals surface area contributed by atoms with Crippen LogP contribution in [0.2, 0.25) is 0 Å². The normalized spacial score (nSPS) is 15.6. The molecule has 2 aliphatic rings. The highest BCUT2D eigenvalue weighted by atomic mass is 32.1. The average molecular weight is 487 g/mol. The van der Waals surface area contributed by atoms with Gasteiger partial charge in [-0.2, -0.15) is 0 Å². The molecule has 0 saturated carbocycles. The van der Waals surface area contributed by atoms with Crippen molar-refractivity contribution in [2.45, 2.75) is 19.4 Å². The number of thiazole rings is 1. The van der Waals surface area contributed by atoms with Crippen LogP contribution in [-0.2, 0) is 11.2 Å². The summed E-state index contributed by atoms with van der Waals surface area (Å²) in [4.78, 5) is 22.1. The van der Waals surface area contributed by atoms with Crippen LogP contribution in [0.4, 0.5) is 11.4 Å². The second kappa shape index (κ2) is 9.20. The van der Waals surface area contributed by atoms with E-state index < -0.39 is 0 Å². The summed E-state index contributed by atoms with van der Waals surface area (Å²) in [5.74, 6) is 1.63. The number of rotatable bonds is 5. The third kappa shape index (κ3) is 4.42. The topological polar surface area (TPSA) is 79.5 Å². The van der Waals surface area contributed by atoms with E-state index in [1.807, 2.05) is 41.9 Å². The molecule has 1 unspecified atom stereocenters. The van der Waals surface area contributed by atoms with Crippen LogP contribution in [0.3, 0.4) is 0 Å². The van der Waals surface area contributed by atoms with Crippen molar-refractivity contribution < 1.29 is 9.47 Å². The summed E-state index contributed by atoms with van der Waals surface area (Å²) in [6.07, 6.45) is 2.59.